The third kappa shape index (κ3) is 3.33. The maximum atomic E-state index is 13.0. The average molecular weight is 448 g/mol. The zero-order chi connectivity index (χ0) is 22.5. The third-order valence-electron chi connectivity index (χ3n) is 5.54. The lowest BCUT2D eigenvalue weighted by Gasteiger charge is -2.17. The summed E-state index contributed by atoms with van der Waals surface area (Å²) >= 11 is 0. The predicted octanol–water partition coefficient (Wildman–Crippen LogP) is 3.89. The van der Waals surface area contributed by atoms with E-state index in [4.69, 9.17) is 4.74 Å². The van der Waals surface area contributed by atoms with Gasteiger partial charge in [0, 0.05) is 11.1 Å². The number of anilines is 1. The molecule has 0 N–H and O–H groups in total. The van der Waals surface area contributed by atoms with Crippen molar-refractivity contribution in [2.24, 2.45) is 0 Å². The summed E-state index contributed by atoms with van der Waals surface area (Å²) in [6.07, 6.45) is 0. The van der Waals surface area contributed by atoms with E-state index < -0.39 is 16.0 Å². The van der Waals surface area contributed by atoms with Crippen LogP contribution in [-0.4, -0.2) is 30.7 Å². The van der Waals surface area contributed by atoms with Crippen LogP contribution in [0.4, 0.5) is 5.69 Å². The van der Waals surface area contributed by atoms with E-state index in [1.807, 2.05) is 61.0 Å². The number of benzene rings is 3. The number of esters is 1. The summed E-state index contributed by atoms with van der Waals surface area (Å²) in [6.45, 7) is 3.61. The van der Waals surface area contributed by atoms with Crippen LogP contribution in [0, 0.1) is 13.8 Å². The first-order valence-corrected chi connectivity index (χ1v) is 11.6. The highest BCUT2D eigenvalue weighted by molar-refractivity contribution is 7.93. The summed E-state index contributed by atoms with van der Waals surface area (Å²) in [5.41, 5.74) is 4.20. The highest BCUT2D eigenvalue weighted by Gasteiger charge is 2.36. The Balaban J connectivity index is 1.29. The number of rotatable bonds is 5. The van der Waals surface area contributed by atoms with Crippen LogP contribution in [0.1, 0.15) is 17.0 Å². The lowest BCUT2D eigenvalue weighted by molar-refractivity contribution is -0.143. The van der Waals surface area contributed by atoms with Crippen molar-refractivity contribution in [2.45, 2.75) is 25.3 Å². The van der Waals surface area contributed by atoms with Gasteiger partial charge >= 0.3 is 5.97 Å². The maximum absolute atomic E-state index is 13.0. The monoisotopic (exact) mass is 447 g/mol. The second-order valence-electron chi connectivity index (χ2n) is 7.81. The number of nitrogens with zero attached hydrogens (tertiary/aromatic N) is 3. The number of hydrogen-bond donors (Lipinski definition) is 0. The number of carbonyl (C=O) groups is 1. The number of hydrogen-bond acceptors (Lipinski definition) is 5. The summed E-state index contributed by atoms with van der Waals surface area (Å²) in [5.74, 6) is -0.610. The van der Waals surface area contributed by atoms with E-state index in [9.17, 15) is 13.2 Å². The van der Waals surface area contributed by atoms with E-state index in [1.165, 1.54) is 0 Å². The molecular formula is C24H21N3O4S. The van der Waals surface area contributed by atoms with Gasteiger partial charge < -0.3 is 4.74 Å². The molecule has 4 aromatic rings. The van der Waals surface area contributed by atoms with Gasteiger partial charge in [-0.1, -0.05) is 36.4 Å². The molecule has 0 unspecified atom stereocenters. The van der Waals surface area contributed by atoms with Gasteiger partial charge in [-0.25, -0.2) is 13.1 Å². The van der Waals surface area contributed by atoms with Crippen molar-refractivity contribution >= 4 is 32.5 Å². The minimum absolute atomic E-state index is 0.0568. The fourth-order valence-corrected chi connectivity index (χ4v) is 5.73. The largest absolute Gasteiger partial charge is 0.459 e. The van der Waals surface area contributed by atoms with E-state index in [2.05, 4.69) is 5.10 Å². The zero-order valence-electron chi connectivity index (χ0n) is 17.6. The molecule has 1 aromatic heterocycles. The topological polar surface area (TPSA) is 81.5 Å². The Morgan fingerprint density at radius 2 is 1.72 bits per heavy atom. The van der Waals surface area contributed by atoms with Crippen LogP contribution in [0.3, 0.4) is 0 Å². The number of sulfonamides is 1. The normalized spacial score (nSPS) is 14.1. The molecule has 32 heavy (non-hydrogen) atoms. The van der Waals surface area contributed by atoms with Crippen LogP contribution < -0.4 is 4.31 Å². The van der Waals surface area contributed by atoms with Crippen molar-refractivity contribution in [3.8, 4) is 5.69 Å². The predicted molar refractivity (Wildman–Crippen MR) is 121 cm³/mol. The first-order valence-electron chi connectivity index (χ1n) is 10.2. The van der Waals surface area contributed by atoms with E-state index >= 15 is 0 Å². The number of carbonyl (C=O) groups excluding carboxylic acids is 1. The Morgan fingerprint density at radius 3 is 2.41 bits per heavy atom. The van der Waals surface area contributed by atoms with Crippen molar-refractivity contribution in [1.29, 1.82) is 0 Å². The van der Waals surface area contributed by atoms with Gasteiger partial charge in [0.1, 0.15) is 13.2 Å². The van der Waals surface area contributed by atoms with Crippen molar-refractivity contribution in [3.05, 3.63) is 83.7 Å². The molecule has 7 nitrogen and oxygen atoms in total. The summed E-state index contributed by atoms with van der Waals surface area (Å²) in [7, 11) is -3.79. The first-order chi connectivity index (χ1) is 15.3. The van der Waals surface area contributed by atoms with Crippen LogP contribution >= 0.6 is 0 Å². The summed E-state index contributed by atoms with van der Waals surface area (Å²) in [6, 6.07) is 20.0. The molecule has 0 saturated heterocycles. The third-order valence-corrected chi connectivity index (χ3v) is 7.35. The van der Waals surface area contributed by atoms with Crippen LogP contribution in [0.5, 0.6) is 0 Å². The Morgan fingerprint density at radius 1 is 1.00 bits per heavy atom. The highest BCUT2D eigenvalue weighted by Crippen LogP contribution is 2.41. The van der Waals surface area contributed by atoms with Gasteiger partial charge in [0.2, 0.25) is 0 Å². The molecule has 3 aromatic carbocycles. The Labute approximate surface area is 185 Å². The molecule has 0 atom stereocenters. The first kappa shape index (κ1) is 20.3. The lowest BCUT2D eigenvalue weighted by atomic mass is 10.1. The Kier molecular flexibility index (Phi) is 4.74. The van der Waals surface area contributed by atoms with Crippen molar-refractivity contribution in [3.63, 3.8) is 0 Å². The van der Waals surface area contributed by atoms with Crippen molar-refractivity contribution in [2.75, 3.05) is 10.8 Å². The molecule has 0 aliphatic carbocycles. The Bertz CT molecular complexity index is 1450. The van der Waals surface area contributed by atoms with E-state index in [-0.39, 0.29) is 18.0 Å². The van der Waals surface area contributed by atoms with Crippen LogP contribution in [0.2, 0.25) is 0 Å². The molecule has 0 radical (unpaired) electrons. The van der Waals surface area contributed by atoms with E-state index in [0.29, 0.717) is 11.1 Å². The minimum Gasteiger partial charge on any atom is -0.459 e. The van der Waals surface area contributed by atoms with E-state index in [0.717, 1.165) is 32.3 Å². The molecule has 1 aliphatic heterocycles. The van der Waals surface area contributed by atoms with Crippen LogP contribution in [-0.2, 0) is 26.2 Å². The van der Waals surface area contributed by atoms with Crippen molar-refractivity contribution in [1.82, 2.24) is 9.78 Å². The van der Waals surface area contributed by atoms with Gasteiger partial charge in [0.25, 0.3) is 10.0 Å². The molecule has 5 rings (SSSR count). The summed E-state index contributed by atoms with van der Waals surface area (Å²) in [5, 5.41) is 5.92. The number of ether oxygens (including phenoxy) is 1. The van der Waals surface area contributed by atoms with Gasteiger partial charge in [-0.2, -0.15) is 5.10 Å². The van der Waals surface area contributed by atoms with Gasteiger partial charge in [-0.15, -0.1) is 0 Å². The fraction of sp³-hybridized carbons (Fsp3) is 0.167. The zero-order valence-corrected chi connectivity index (χ0v) is 18.5. The second kappa shape index (κ2) is 7.49. The van der Waals surface area contributed by atoms with Crippen molar-refractivity contribution < 1.29 is 17.9 Å². The average Bonchev–Trinajstić information content (AvgIpc) is 3.23. The molecule has 0 amide bonds. The fourth-order valence-electron chi connectivity index (χ4n) is 4.08. The summed E-state index contributed by atoms with van der Waals surface area (Å²) < 4.78 is 34.3. The molecule has 0 spiro atoms. The molecule has 2 heterocycles. The molecular weight excluding hydrogens is 426 g/mol. The van der Waals surface area contributed by atoms with Gasteiger partial charge in [0.15, 0.2) is 0 Å². The maximum Gasteiger partial charge on any atom is 0.327 e. The second-order valence-corrected chi connectivity index (χ2v) is 9.64. The lowest BCUT2D eigenvalue weighted by Crippen LogP contribution is -2.33. The smallest absolute Gasteiger partial charge is 0.327 e. The molecule has 8 heteroatoms. The highest BCUT2D eigenvalue weighted by atomic mass is 32.2. The van der Waals surface area contributed by atoms with Crippen LogP contribution in [0.15, 0.2) is 71.6 Å². The Hall–Kier alpha value is -3.65. The standard InChI is InChI=1S/C24H21N3O4S/c1-16-13-17(2)27(25-16)20-11-9-18(10-12-20)15-31-23(28)14-26-21-7-3-5-19-6-4-8-22(24(19)21)32(26,29)30/h3-13H,14-15H2,1-2H3. The molecule has 0 saturated carbocycles. The molecule has 1 aliphatic rings. The van der Waals surface area contributed by atoms with Gasteiger partial charge in [-0.05, 0) is 55.1 Å². The molecule has 0 bridgehead atoms. The quantitative estimate of drug-likeness (QED) is 0.434. The molecule has 0 fully saturated rings. The van der Waals surface area contributed by atoms with Gasteiger partial charge in [0.05, 0.1) is 22.0 Å². The number of aryl methyl sites for hydroxylation is 2. The minimum atomic E-state index is -3.79. The summed E-state index contributed by atoms with van der Waals surface area (Å²) in [4.78, 5) is 12.7. The number of aromatic nitrogens is 2. The van der Waals surface area contributed by atoms with Gasteiger partial charge in [-0.3, -0.25) is 9.10 Å². The van der Waals surface area contributed by atoms with Crippen LogP contribution in [0.25, 0.3) is 16.5 Å². The van der Waals surface area contributed by atoms with E-state index in [1.54, 1.807) is 24.3 Å². The molecule has 162 valence electrons. The SMILES string of the molecule is Cc1cc(C)n(-c2ccc(COC(=O)CN3c4cccc5cccc(c45)S3(=O)=O)cc2)n1.